The van der Waals surface area contributed by atoms with Crippen LogP contribution in [-0.4, -0.2) is 34.6 Å². The molecule has 0 aromatic carbocycles. The number of carbonyl (C=O) groups excluding carboxylic acids is 1. The van der Waals surface area contributed by atoms with Crippen molar-refractivity contribution in [1.82, 2.24) is 4.90 Å². The topological polar surface area (TPSA) is 40.5 Å². The highest BCUT2D eigenvalue weighted by molar-refractivity contribution is 5.84. The van der Waals surface area contributed by atoms with Crippen molar-refractivity contribution < 1.29 is 9.90 Å². The standard InChI is InChI=1S/C14H27NO2/c1-4-15(5-2)13(16)14(3,17)11-12-9-7-6-8-10-12/h12,17H,4-11H2,1-3H3. The number of rotatable bonds is 5. The molecule has 0 radical (unpaired) electrons. The predicted octanol–water partition coefficient (Wildman–Crippen LogP) is 2.58. The van der Waals surface area contributed by atoms with Crippen molar-refractivity contribution >= 4 is 5.91 Å². The van der Waals surface area contributed by atoms with Crippen LogP contribution in [-0.2, 0) is 4.79 Å². The zero-order valence-electron chi connectivity index (χ0n) is 11.5. The summed E-state index contributed by atoms with van der Waals surface area (Å²) >= 11 is 0. The largest absolute Gasteiger partial charge is 0.380 e. The fourth-order valence-corrected chi connectivity index (χ4v) is 2.89. The number of hydrogen-bond donors (Lipinski definition) is 1. The highest BCUT2D eigenvalue weighted by Gasteiger charge is 2.35. The Kier molecular flexibility index (Phi) is 5.44. The van der Waals surface area contributed by atoms with Gasteiger partial charge in [-0.25, -0.2) is 0 Å². The number of likely N-dealkylation sites (N-methyl/N-ethyl adjacent to an activating group) is 1. The molecule has 1 N–H and O–H groups in total. The molecule has 100 valence electrons. The lowest BCUT2D eigenvalue weighted by molar-refractivity contribution is -0.151. The minimum atomic E-state index is -1.17. The molecule has 1 saturated carbocycles. The lowest BCUT2D eigenvalue weighted by Crippen LogP contribution is -2.48. The van der Waals surface area contributed by atoms with Crippen LogP contribution in [0.3, 0.4) is 0 Å². The van der Waals surface area contributed by atoms with Gasteiger partial charge in [0, 0.05) is 13.1 Å². The summed E-state index contributed by atoms with van der Waals surface area (Å²) in [5, 5.41) is 10.4. The van der Waals surface area contributed by atoms with Gasteiger partial charge in [-0.15, -0.1) is 0 Å². The van der Waals surface area contributed by atoms with Gasteiger partial charge in [-0.05, 0) is 33.1 Å². The zero-order valence-corrected chi connectivity index (χ0v) is 11.5. The summed E-state index contributed by atoms with van der Waals surface area (Å²) in [6.07, 6.45) is 6.77. The van der Waals surface area contributed by atoms with Crippen molar-refractivity contribution in [3.8, 4) is 0 Å². The summed E-state index contributed by atoms with van der Waals surface area (Å²) in [7, 11) is 0. The monoisotopic (exact) mass is 241 g/mol. The van der Waals surface area contributed by atoms with E-state index in [2.05, 4.69) is 0 Å². The van der Waals surface area contributed by atoms with Crippen molar-refractivity contribution in [2.24, 2.45) is 5.92 Å². The first kappa shape index (κ1) is 14.5. The predicted molar refractivity (Wildman–Crippen MR) is 69.7 cm³/mol. The Labute approximate surface area is 105 Å². The normalized spacial score (nSPS) is 20.9. The molecule has 3 nitrogen and oxygen atoms in total. The number of carbonyl (C=O) groups is 1. The lowest BCUT2D eigenvalue weighted by Gasteiger charge is -2.33. The number of nitrogens with zero attached hydrogens (tertiary/aromatic N) is 1. The molecule has 1 amide bonds. The van der Waals surface area contributed by atoms with Gasteiger partial charge in [0.25, 0.3) is 5.91 Å². The molecular formula is C14H27NO2. The molecule has 0 aliphatic heterocycles. The highest BCUT2D eigenvalue weighted by atomic mass is 16.3. The molecule has 1 fully saturated rings. The molecule has 3 heteroatoms. The van der Waals surface area contributed by atoms with Gasteiger partial charge in [0.1, 0.15) is 5.60 Å². The van der Waals surface area contributed by atoms with Gasteiger partial charge >= 0.3 is 0 Å². The summed E-state index contributed by atoms with van der Waals surface area (Å²) in [5.41, 5.74) is -1.17. The third-order valence-electron chi connectivity index (χ3n) is 3.92. The average Bonchev–Trinajstić information content (AvgIpc) is 2.31. The Balaban J connectivity index is 2.56. The summed E-state index contributed by atoms with van der Waals surface area (Å²) < 4.78 is 0. The van der Waals surface area contributed by atoms with Crippen LogP contribution >= 0.6 is 0 Å². The van der Waals surface area contributed by atoms with Gasteiger partial charge in [-0.3, -0.25) is 4.79 Å². The molecule has 0 aromatic heterocycles. The van der Waals surface area contributed by atoms with Crippen molar-refractivity contribution in [3.05, 3.63) is 0 Å². The van der Waals surface area contributed by atoms with Crippen LogP contribution in [0.15, 0.2) is 0 Å². The maximum absolute atomic E-state index is 12.2. The van der Waals surface area contributed by atoms with Crippen LogP contribution < -0.4 is 0 Å². The minimum Gasteiger partial charge on any atom is -0.380 e. The van der Waals surface area contributed by atoms with E-state index in [0.29, 0.717) is 25.4 Å². The van der Waals surface area contributed by atoms with Crippen LogP contribution in [0.1, 0.15) is 59.3 Å². The van der Waals surface area contributed by atoms with Crippen LogP contribution in [0.4, 0.5) is 0 Å². The van der Waals surface area contributed by atoms with Crippen molar-refractivity contribution in [1.29, 1.82) is 0 Å². The molecule has 0 heterocycles. The lowest BCUT2D eigenvalue weighted by atomic mass is 9.81. The summed E-state index contributed by atoms with van der Waals surface area (Å²) in [6.45, 7) is 6.95. The van der Waals surface area contributed by atoms with Gasteiger partial charge < -0.3 is 10.0 Å². The van der Waals surface area contributed by atoms with Crippen LogP contribution in [0.2, 0.25) is 0 Å². The quantitative estimate of drug-likeness (QED) is 0.803. The molecule has 0 bridgehead atoms. The van der Waals surface area contributed by atoms with Gasteiger partial charge in [0.15, 0.2) is 0 Å². The van der Waals surface area contributed by atoms with E-state index in [1.165, 1.54) is 32.1 Å². The van der Waals surface area contributed by atoms with Gasteiger partial charge in [-0.2, -0.15) is 0 Å². The minimum absolute atomic E-state index is 0.104. The third-order valence-corrected chi connectivity index (χ3v) is 3.92. The van der Waals surface area contributed by atoms with Crippen molar-refractivity contribution in [2.45, 2.75) is 64.9 Å². The Morgan fingerprint density at radius 2 is 1.76 bits per heavy atom. The molecule has 1 unspecified atom stereocenters. The molecule has 1 aliphatic rings. The molecular weight excluding hydrogens is 214 g/mol. The maximum atomic E-state index is 12.2. The van der Waals surface area contributed by atoms with Crippen LogP contribution in [0.5, 0.6) is 0 Å². The van der Waals surface area contributed by atoms with E-state index in [4.69, 9.17) is 0 Å². The fourth-order valence-electron chi connectivity index (χ4n) is 2.89. The van der Waals surface area contributed by atoms with E-state index in [1.54, 1.807) is 11.8 Å². The van der Waals surface area contributed by atoms with E-state index in [1.807, 2.05) is 13.8 Å². The summed E-state index contributed by atoms with van der Waals surface area (Å²) in [6, 6.07) is 0. The molecule has 1 aliphatic carbocycles. The molecule has 0 saturated heterocycles. The SMILES string of the molecule is CCN(CC)C(=O)C(C)(O)CC1CCCCC1. The second-order valence-corrected chi connectivity index (χ2v) is 5.46. The first-order valence-corrected chi connectivity index (χ1v) is 7.03. The zero-order chi connectivity index (χ0) is 12.9. The Hall–Kier alpha value is -0.570. The van der Waals surface area contributed by atoms with E-state index in [9.17, 15) is 9.90 Å². The van der Waals surface area contributed by atoms with Crippen LogP contribution in [0, 0.1) is 5.92 Å². The molecule has 1 rings (SSSR count). The van der Waals surface area contributed by atoms with E-state index < -0.39 is 5.60 Å². The Morgan fingerprint density at radius 3 is 2.24 bits per heavy atom. The van der Waals surface area contributed by atoms with Gasteiger partial charge in [0.2, 0.25) is 0 Å². The molecule has 0 spiro atoms. The van der Waals surface area contributed by atoms with E-state index in [0.717, 1.165) is 0 Å². The first-order chi connectivity index (χ1) is 8.01. The highest BCUT2D eigenvalue weighted by Crippen LogP contribution is 2.31. The number of amides is 1. The second kappa shape index (κ2) is 6.39. The maximum Gasteiger partial charge on any atom is 0.254 e. The average molecular weight is 241 g/mol. The summed E-state index contributed by atoms with van der Waals surface area (Å²) in [5.74, 6) is 0.423. The molecule has 0 aromatic rings. The first-order valence-electron chi connectivity index (χ1n) is 7.03. The fraction of sp³-hybridized carbons (Fsp3) is 0.929. The smallest absolute Gasteiger partial charge is 0.254 e. The Bertz CT molecular complexity index is 241. The number of hydrogen-bond acceptors (Lipinski definition) is 2. The Morgan fingerprint density at radius 1 is 1.24 bits per heavy atom. The third kappa shape index (κ3) is 3.98. The van der Waals surface area contributed by atoms with E-state index >= 15 is 0 Å². The van der Waals surface area contributed by atoms with Gasteiger partial charge in [-0.1, -0.05) is 32.1 Å². The van der Waals surface area contributed by atoms with Crippen LogP contribution in [0.25, 0.3) is 0 Å². The second-order valence-electron chi connectivity index (χ2n) is 5.46. The summed E-state index contributed by atoms with van der Waals surface area (Å²) in [4.78, 5) is 13.9. The molecule has 1 atom stereocenters. The van der Waals surface area contributed by atoms with Crippen molar-refractivity contribution in [2.75, 3.05) is 13.1 Å². The molecule has 17 heavy (non-hydrogen) atoms. The van der Waals surface area contributed by atoms with Crippen molar-refractivity contribution in [3.63, 3.8) is 0 Å². The van der Waals surface area contributed by atoms with E-state index in [-0.39, 0.29) is 5.91 Å². The van der Waals surface area contributed by atoms with Gasteiger partial charge in [0.05, 0.1) is 0 Å². The number of aliphatic hydroxyl groups is 1.